The van der Waals surface area contributed by atoms with Gasteiger partial charge in [0.15, 0.2) is 5.57 Å². The summed E-state index contributed by atoms with van der Waals surface area (Å²) in [4.78, 5) is 36.3. The van der Waals surface area contributed by atoms with E-state index in [1.165, 1.54) is 5.38 Å². The lowest BCUT2D eigenvalue weighted by atomic mass is 10.1. The first-order valence-corrected chi connectivity index (χ1v) is 7.43. The summed E-state index contributed by atoms with van der Waals surface area (Å²) < 4.78 is 18.2. The third-order valence-electron chi connectivity index (χ3n) is 2.30. The fraction of sp³-hybridized carbons (Fsp3) is 0.462. The van der Waals surface area contributed by atoms with E-state index in [4.69, 9.17) is 14.2 Å². The molecule has 0 amide bonds. The molecule has 9 heteroatoms. The Hall–Kier alpha value is -2.29. The number of rotatable bonds is 7. The van der Waals surface area contributed by atoms with Crippen LogP contribution in [-0.2, 0) is 28.6 Å². The van der Waals surface area contributed by atoms with Crippen LogP contribution in [0.1, 0.15) is 26.5 Å². The van der Waals surface area contributed by atoms with Crippen LogP contribution in [-0.4, -0.2) is 47.3 Å². The number of hydrogen-bond acceptors (Lipinski definition) is 9. The number of carbonyl (C=O) groups excluding carboxylic acids is 3. The van der Waals surface area contributed by atoms with Crippen molar-refractivity contribution in [2.24, 2.45) is 0 Å². The molecule has 0 unspecified atom stereocenters. The molecule has 22 heavy (non-hydrogen) atoms. The molecule has 0 radical (unpaired) electrons. The molecule has 8 nitrogen and oxygen atoms in total. The first kappa shape index (κ1) is 17.8. The van der Waals surface area contributed by atoms with Crippen molar-refractivity contribution in [3.63, 3.8) is 0 Å². The number of ether oxygens (including phenoxy) is 3. The molecule has 0 aliphatic heterocycles. The highest BCUT2D eigenvalue weighted by Gasteiger charge is 2.32. The maximum absolute atomic E-state index is 12.1. The third kappa shape index (κ3) is 4.35. The second kappa shape index (κ2) is 8.88. The minimum Gasteiger partial charge on any atom is -0.462 e. The van der Waals surface area contributed by atoms with Crippen molar-refractivity contribution in [2.45, 2.75) is 20.8 Å². The summed E-state index contributed by atoms with van der Waals surface area (Å²) in [6, 6.07) is 0. The van der Waals surface area contributed by atoms with Gasteiger partial charge in [-0.1, -0.05) is 4.49 Å². The number of nitrogens with zero attached hydrogens (tertiary/aromatic N) is 2. The van der Waals surface area contributed by atoms with Crippen molar-refractivity contribution in [3.8, 4) is 0 Å². The molecule has 0 spiro atoms. The highest BCUT2D eigenvalue weighted by Crippen LogP contribution is 2.22. The van der Waals surface area contributed by atoms with Crippen molar-refractivity contribution < 1.29 is 28.6 Å². The fourth-order valence-corrected chi connectivity index (χ4v) is 1.95. The van der Waals surface area contributed by atoms with Gasteiger partial charge in [0.2, 0.25) is 0 Å². The van der Waals surface area contributed by atoms with Gasteiger partial charge in [-0.3, -0.25) is 0 Å². The van der Waals surface area contributed by atoms with Gasteiger partial charge in [0.25, 0.3) is 0 Å². The molecular weight excluding hydrogens is 312 g/mol. The van der Waals surface area contributed by atoms with Crippen LogP contribution in [0.4, 0.5) is 0 Å². The van der Waals surface area contributed by atoms with E-state index in [1.807, 2.05) is 0 Å². The Bertz CT molecular complexity index is 547. The van der Waals surface area contributed by atoms with Crippen LogP contribution >= 0.6 is 11.5 Å². The normalized spacial score (nSPS) is 9.77. The van der Waals surface area contributed by atoms with Crippen LogP contribution in [0.15, 0.2) is 11.0 Å². The van der Waals surface area contributed by atoms with Gasteiger partial charge in [-0.15, -0.1) is 5.10 Å². The van der Waals surface area contributed by atoms with Gasteiger partial charge in [0.05, 0.1) is 19.8 Å². The van der Waals surface area contributed by atoms with Crippen LogP contribution in [0.2, 0.25) is 0 Å². The van der Waals surface area contributed by atoms with Crippen molar-refractivity contribution in [3.05, 3.63) is 16.6 Å². The van der Waals surface area contributed by atoms with E-state index in [0.717, 1.165) is 11.5 Å². The molecule has 0 saturated carbocycles. The van der Waals surface area contributed by atoms with E-state index < -0.39 is 23.5 Å². The van der Waals surface area contributed by atoms with Crippen LogP contribution in [0.25, 0.3) is 5.57 Å². The maximum Gasteiger partial charge on any atom is 0.346 e. The monoisotopic (exact) mass is 328 g/mol. The average molecular weight is 328 g/mol. The van der Waals surface area contributed by atoms with Gasteiger partial charge in [-0.05, 0) is 32.3 Å². The van der Waals surface area contributed by atoms with E-state index in [2.05, 4.69) is 9.59 Å². The molecule has 1 aromatic heterocycles. The van der Waals surface area contributed by atoms with Gasteiger partial charge < -0.3 is 14.2 Å². The Morgan fingerprint density at radius 2 is 1.45 bits per heavy atom. The Labute approximate surface area is 131 Å². The van der Waals surface area contributed by atoms with Gasteiger partial charge >= 0.3 is 17.9 Å². The van der Waals surface area contributed by atoms with Gasteiger partial charge in [-0.25, -0.2) is 14.4 Å². The molecule has 1 heterocycles. The summed E-state index contributed by atoms with van der Waals surface area (Å²) in [6.45, 7) is 4.90. The van der Waals surface area contributed by atoms with E-state index in [9.17, 15) is 14.4 Å². The Kier molecular flexibility index (Phi) is 7.17. The minimum absolute atomic E-state index is 0.0349. The molecule has 0 saturated heterocycles. The second-order valence-electron chi connectivity index (χ2n) is 3.70. The zero-order valence-corrected chi connectivity index (χ0v) is 13.3. The summed E-state index contributed by atoms with van der Waals surface area (Å²) >= 11 is 0.964. The molecule has 1 aromatic rings. The van der Waals surface area contributed by atoms with Crippen LogP contribution in [0.3, 0.4) is 0 Å². The largest absolute Gasteiger partial charge is 0.462 e. The molecule has 0 bridgehead atoms. The molecule has 0 aromatic carbocycles. The first-order valence-electron chi connectivity index (χ1n) is 6.59. The van der Waals surface area contributed by atoms with Gasteiger partial charge in [-0.2, -0.15) is 0 Å². The van der Waals surface area contributed by atoms with Crippen LogP contribution < -0.4 is 0 Å². The predicted molar refractivity (Wildman–Crippen MR) is 76.7 cm³/mol. The standard InChI is InChI=1S/C13H16N2O6S/c1-4-19-11(16)9(8-7-22-15-14-8)10(12(17)20-5-2)13(18)21-6-3/h7H,4-6H2,1-3H3. The topological polar surface area (TPSA) is 105 Å². The summed E-state index contributed by atoms with van der Waals surface area (Å²) in [7, 11) is 0. The lowest BCUT2D eigenvalue weighted by molar-refractivity contribution is -0.147. The average Bonchev–Trinajstić information content (AvgIpc) is 2.98. The fourth-order valence-electron chi connectivity index (χ4n) is 1.51. The molecule has 0 N–H and O–H groups in total. The van der Waals surface area contributed by atoms with Crippen LogP contribution in [0, 0.1) is 0 Å². The number of aromatic nitrogens is 2. The van der Waals surface area contributed by atoms with Crippen LogP contribution in [0.5, 0.6) is 0 Å². The number of esters is 3. The molecule has 0 aliphatic carbocycles. The molecule has 120 valence electrons. The Morgan fingerprint density at radius 3 is 1.86 bits per heavy atom. The zero-order chi connectivity index (χ0) is 16.5. The second-order valence-corrected chi connectivity index (χ2v) is 4.31. The lowest BCUT2D eigenvalue weighted by Crippen LogP contribution is -2.23. The van der Waals surface area contributed by atoms with Crippen molar-refractivity contribution in [2.75, 3.05) is 19.8 Å². The van der Waals surface area contributed by atoms with E-state index in [1.54, 1.807) is 20.8 Å². The summed E-state index contributed by atoms with van der Waals surface area (Å²) in [5.74, 6) is -2.82. The SMILES string of the molecule is CCOC(=O)C(C(=O)OCC)=C(C(=O)OCC)c1csnn1. The predicted octanol–water partition coefficient (Wildman–Crippen LogP) is 0.981. The first-order chi connectivity index (χ1) is 10.6. The quantitative estimate of drug-likeness (QED) is 0.240. The van der Waals surface area contributed by atoms with Crippen molar-refractivity contribution in [1.29, 1.82) is 0 Å². The van der Waals surface area contributed by atoms with E-state index in [-0.39, 0.29) is 31.1 Å². The summed E-state index contributed by atoms with van der Waals surface area (Å²) in [5, 5.41) is 5.14. The number of hydrogen-bond donors (Lipinski definition) is 0. The molecule has 0 atom stereocenters. The summed E-state index contributed by atoms with van der Waals surface area (Å²) in [6.07, 6.45) is 0. The molecule has 1 rings (SSSR count). The highest BCUT2D eigenvalue weighted by atomic mass is 32.1. The van der Waals surface area contributed by atoms with E-state index >= 15 is 0 Å². The van der Waals surface area contributed by atoms with Gasteiger partial charge in [0, 0.05) is 5.38 Å². The number of carbonyl (C=O) groups is 3. The van der Waals surface area contributed by atoms with Gasteiger partial charge in [0.1, 0.15) is 11.3 Å². The highest BCUT2D eigenvalue weighted by molar-refractivity contribution is 7.03. The molecular formula is C13H16N2O6S. The zero-order valence-electron chi connectivity index (χ0n) is 12.5. The maximum atomic E-state index is 12.1. The Balaban J connectivity index is 3.46. The lowest BCUT2D eigenvalue weighted by Gasteiger charge is -2.11. The van der Waals surface area contributed by atoms with Crippen molar-refractivity contribution >= 4 is 35.0 Å². The summed E-state index contributed by atoms with van der Waals surface area (Å²) in [5.41, 5.74) is -0.804. The smallest absolute Gasteiger partial charge is 0.346 e. The minimum atomic E-state index is -0.975. The van der Waals surface area contributed by atoms with Crippen molar-refractivity contribution in [1.82, 2.24) is 9.59 Å². The third-order valence-corrected chi connectivity index (χ3v) is 2.81. The van der Waals surface area contributed by atoms with E-state index in [0.29, 0.717) is 0 Å². The molecule has 0 fully saturated rings. The molecule has 0 aliphatic rings. The Morgan fingerprint density at radius 1 is 0.955 bits per heavy atom.